The van der Waals surface area contributed by atoms with Crippen LogP contribution in [0.2, 0.25) is 0 Å². The smallest absolute Gasteiger partial charge is 0.231 e. The third kappa shape index (κ3) is 3.25. The molecule has 0 fully saturated rings. The summed E-state index contributed by atoms with van der Waals surface area (Å²) in [6.07, 6.45) is 0. The summed E-state index contributed by atoms with van der Waals surface area (Å²) in [5.74, 6) is -1.57. The van der Waals surface area contributed by atoms with Gasteiger partial charge in [-0.2, -0.15) is 13.6 Å². The molecule has 28 heavy (non-hydrogen) atoms. The molecule has 0 atom stereocenters. The van der Waals surface area contributed by atoms with Gasteiger partial charge in [-0.3, -0.25) is 0 Å². The van der Waals surface area contributed by atoms with Crippen molar-refractivity contribution in [2.45, 2.75) is 4.21 Å². The number of nitrogens with zero attached hydrogens (tertiary/aromatic N) is 4. The van der Waals surface area contributed by atoms with Crippen molar-refractivity contribution in [3.05, 3.63) is 71.6 Å². The van der Waals surface area contributed by atoms with Crippen LogP contribution in [0.25, 0.3) is 11.4 Å². The molecule has 0 unspecified atom stereocenters. The van der Waals surface area contributed by atoms with Gasteiger partial charge in [-0.15, -0.1) is 21.5 Å². The zero-order valence-electron chi connectivity index (χ0n) is 14.0. The topological polar surface area (TPSA) is 91.8 Å². The van der Waals surface area contributed by atoms with Gasteiger partial charge in [0.1, 0.15) is 10.0 Å². The number of aromatic amines is 1. The number of aromatic nitrogens is 4. The molecule has 2 aromatic heterocycles. The molecule has 0 radical (unpaired) electrons. The first-order chi connectivity index (χ1) is 13.5. The first-order valence-corrected chi connectivity index (χ1v) is 10.2. The molecule has 4 aromatic rings. The van der Waals surface area contributed by atoms with Crippen molar-refractivity contribution in [3.8, 4) is 11.4 Å². The Morgan fingerprint density at radius 3 is 2.57 bits per heavy atom. The van der Waals surface area contributed by atoms with Crippen LogP contribution in [0.3, 0.4) is 0 Å². The molecule has 0 bridgehead atoms. The third-order valence-electron chi connectivity index (χ3n) is 3.80. The lowest BCUT2D eigenvalue weighted by molar-refractivity contribution is 0.579. The minimum absolute atomic E-state index is 0.0150. The van der Waals surface area contributed by atoms with Crippen molar-refractivity contribution in [2.24, 2.45) is 0 Å². The monoisotopic (exact) mass is 419 g/mol. The normalized spacial score (nSPS) is 11.5. The highest BCUT2D eigenvalue weighted by molar-refractivity contribution is 7.95. The van der Waals surface area contributed by atoms with Gasteiger partial charge in [-0.25, -0.2) is 13.1 Å². The molecule has 0 aliphatic rings. The Kier molecular flexibility index (Phi) is 4.61. The number of tetrazole rings is 1. The van der Waals surface area contributed by atoms with Crippen LogP contribution in [0, 0.1) is 11.6 Å². The van der Waals surface area contributed by atoms with Crippen LogP contribution in [0.5, 0.6) is 0 Å². The summed E-state index contributed by atoms with van der Waals surface area (Å²) in [4.78, 5) is 0. The maximum atomic E-state index is 14.5. The highest BCUT2D eigenvalue weighted by Crippen LogP contribution is 2.36. The summed E-state index contributed by atoms with van der Waals surface area (Å²) in [5, 5.41) is 15.1. The molecule has 7 nitrogen and oxygen atoms in total. The van der Waals surface area contributed by atoms with Crippen molar-refractivity contribution in [1.29, 1.82) is 0 Å². The van der Waals surface area contributed by atoms with Gasteiger partial charge >= 0.3 is 0 Å². The molecule has 0 amide bonds. The molecule has 142 valence electrons. The average Bonchev–Trinajstić information content (AvgIpc) is 3.38. The molecule has 0 spiro atoms. The Balaban J connectivity index is 1.93. The maximum Gasteiger partial charge on any atom is 0.278 e. The first-order valence-electron chi connectivity index (χ1n) is 7.84. The number of hydrogen-bond acceptors (Lipinski definition) is 6. The number of rotatable bonds is 5. The second kappa shape index (κ2) is 7.09. The zero-order valence-corrected chi connectivity index (χ0v) is 15.6. The fourth-order valence-electron chi connectivity index (χ4n) is 2.61. The van der Waals surface area contributed by atoms with Gasteiger partial charge < -0.3 is 0 Å². The van der Waals surface area contributed by atoms with Gasteiger partial charge in [-0.1, -0.05) is 18.2 Å². The van der Waals surface area contributed by atoms with Crippen LogP contribution in [0.1, 0.15) is 0 Å². The Morgan fingerprint density at radius 2 is 1.89 bits per heavy atom. The molecule has 2 heterocycles. The number of benzene rings is 2. The lowest BCUT2D eigenvalue weighted by Crippen LogP contribution is -2.26. The molecule has 0 aliphatic carbocycles. The van der Waals surface area contributed by atoms with Crippen LogP contribution >= 0.6 is 11.3 Å². The fraction of sp³-hybridized carbons (Fsp3) is 0. The number of hydrogen-bond donors (Lipinski definition) is 1. The molecular formula is C17H11F2N5O2S2. The average molecular weight is 419 g/mol. The van der Waals surface area contributed by atoms with Crippen LogP contribution in [-0.4, -0.2) is 29.0 Å². The van der Waals surface area contributed by atoms with E-state index in [1.165, 1.54) is 18.2 Å². The second-order valence-corrected chi connectivity index (χ2v) is 8.54. The summed E-state index contributed by atoms with van der Waals surface area (Å²) in [6.45, 7) is 0. The number of thiophene rings is 1. The van der Waals surface area contributed by atoms with Crippen LogP contribution in [-0.2, 0) is 10.0 Å². The summed E-state index contributed by atoms with van der Waals surface area (Å²) in [7, 11) is -4.16. The van der Waals surface area contributed by atoms with Crippen molar-refractivity contribution < 1.29 is 17.2 Å². The van der Waals surface area contributed by atoms with Crippen molar-refractivity contribution >= 4 is 32.7 Å². The highest BCUT2D eigenvalue weighted by atomic mass is 32.2. The predicted molar refractivity (Wildman–Crippen MR) is 99.6 cm³/mol. The molecule has 0 saturated heterocycles. The minimum Gasteiger partial charge on any atom is -0.231 e. The SMILES string of the molecule is O=S(=O)(c1cccs1)N(c1cccc(-c2nn[nH]n2)c1)c1ccc(F)cc1F. The summed E-state index contributed by atoms with van der Waals surface area (Å²) < 4.78 is 55.3. The van der Waals surface area contributed by atoms with Crippen LogP contribution in [0.4, 0.5) is 20.2 Å². The number of nitrogens with one attached hydrogen (secondary N) is 1. The molecular weight excluding hydrogens is 408 g/mol. The van der Waals surface area contributed by atoms with E-state index < -0.39 is 21.7 Å². The Labute approximate surface area is 162 Å². The third-order valence-corrected chi connectivity index (χ3v) is 6.92. The fourth-order valence-corrected chi connectivity index (χ4v) is 5.16. The quantitative estimate of drug-likeness (QED) is 0.532. The van der Waals surface area contributed by atoms with Gasteiger partial charge in [0.2, 0.25) is 5.82 Å². The lowest BCUT2D eigenvalue weighted by atomic mass is 10.2. The van der Waals surface area contributed by atoms with E-state index in [0.717, 1.165) is 27.8 Å². The summed E-state index contributed by atoms with van der Waals surface area (Å²) in [6, 6.07) is 11.9. The van der Waals surface area contributed by atoms with Crippen LogP contribution < -0.4 is 4.31 Å². The number of sulfonamides is 1. The van der Waals surface area contributed by atoms with Crippen molar-refractivity contribution in [1.82, 2.24) is 20.6 Å². The predicted octanol–water partition coefficient (Wildman–Crippen LogP) is 3.73. The zero-order chi connectivity index (χ0) is 19.7. The van der Waals surface area contributed by atoms with Crippen LogP contribution in [0.15, 0.2) is 64.2 Å². The second-order valence-electron chi connectivity index (χ2n) is 5.58. The largest absolute Gasteiger partial charge is 0.278 e. The van der Waals surface area contributed by atoms with E-state index in [9.17, 15) is 17.2 Å². The van der Waals surface area contributed by atoms with Gasteiger partial charge in [0.25, 0.3) is 10.0 Å². The first kappa shape index (κ1) is 18.2. The van der Waals surface area contributed by atoms with E-state index in [4.69, 9.17) is 0 Å². The standard InChI is InChI=1S/C17H11F2N5O2S2/c18-12-6-7-15(14(19)10-12)24(28(25,26)16-5-2-8-27-16)13-4-1-3-11(9-13)17-20-22-23-21-17/h1-10H,(H,20,21,22,23). The highest BCUT2D eigenvalue weighted by Gasteiger charge is 2.30. The molecule has 11 heteroatoms. The van der Waals surface area contributed by atoms with E-state index in [1.807, 2.05) is 0 Å². The Morgan fingerprint density at radius 1 is 1.04 bits per heavy atom. The number of halogens is 2. The molecule has 1 N–H and O–H groups in total. The van der Waals surface area contributed by atoms with E-state index >= 15 is 0 Å². The number of H-pyrrole nitrogens is 1. The molecule has 2 aromatic carbocycles. The van der Waals surface area contributed by atoms with E-state index in [1.54, 1.807) is 23.6 Å². The minimum atomic E-state index is -4.16. The maximum absolute atomic E-state index is 14.5. The van der Waals surface area contributed by atoms with Gasteiger partial charge in [-0.05, 0) is 40.9 Å². The van der Waals surface area contributed by atoms with E-state index in [-0.39, 0.29) is 21.4 Å². The van der Waals surface area contributed by atoms with Crippen molar-refractivity contribution in [3.63, 3.8) is 0 Å². The lowest BCUT2D eigenvalue weighted by Gasteiger charge is -2.24. The summed E-state index contributed by atoms with van der Waals surface area (Å²) >= 11 is 0.993. The summed E-state index contributed by atoms with van der Waals surface area (Å²) in [5.41, 5.74) is 0.307. The number of anilines is 2. The molecule has 0 saturated carbocycles. The van der Waals surface area contributed by atoms with Gasteiger partial charge in [0, 0.05) is 11.6 Å². The van der Waals surface area contributed by atoms with E-state index in [0.29, 0.717) is 11.6 Å². The Bertz CT molecular complexity index is 1210. The van der Waals surface area contributed by atoms with Crippen molar-refractivity contribution in [2.75, 3.05) is 4.31 Å². The molecule has 4 rings (SSSR count). The Hall–Kier alpha value is -3.18. The van der Waals surface area contributed by atoms with E-state index in [2.05, 4.69) is 20.6 Å². The molecule has 0 aliphatic heterocycles. The van der Waals surface area contributed by atoms with Gasteiger partial charge in [0.05, 0.1) is 11.4 Å². The van der Waals surface area contributed by atoms with Gasteiger partial charge in [0.15, 0.2) is 5.82 Å².